The van der Waals surface area contributed by atoms with E-state index in [0.29, 0.717) is 38.5 Å². The molecule has 458 valence electrons. The second-order valence-corrected chi connectivity index (χ2v) is 27.5. The van der Waals surface area contributed by atoms with Crippen molar-refractivity contribution >= 4 is 16.4 Å². The highest BCUT2D eigenvalue weighted by atomic mass is 32.3. The van der Waals surface area contributed by atoms with E-state index in [0.717, 1.165) is 12.0 Å². The van der Waals surface area contributed by atoms with Gasteiger partial charge in [-0.25, -0.2) is 4.18 Å². The summed E-state index contributed by atoms with van der Waals surface area (Å²) in [6.07, 6.45) is -25.6. The highest BCUT2D eigenvalue weighted by Crippen LogP contribution is 2.77. The number of methoxy groups -OCH3 is 1. The highest BCUT2D eigenvalue weighted by molar-refractivity contribution is 7.80. The zero-order valence-electron chi connectivity index (χ0n) is 47.3. The van der Waals surface area contributed by atoms with Gasteiger partial charge < -0.3 is 98.1 Å². The van der Waals surface area contributed by atoms with Gasteiger partial charge >= 0.3 is 16.4 Å². The quantitative estimate of drug-likeness (QED) is 0.0523. The average Bonchev–Trinajstić information content (AvgIpc) is 3.95. The van der Waals surface area contributed by atoms with Crippen molar-refractivity contribution in [1.82, 2.24) is 0 Å². The summed E-state index contributed by atoms with van der Waals surface area (Å²) >= 11 is 0. The minimum atomic E-state index is -5.17. The summed E-state index contributed by atoms with van der Waals surface area (Å²) in [7, 11) is -3.89. The molecule has 6 heterocycles. The monoisotopic (exact) mass is 1170 g/mol. The van der Waals surface area contributed by atoms with Crippen molar-refractivity contribution in [1.29, 1.82) is 0 Å². The van der Waals surface area contributed by atoms with Crippen LogP contribution < -0.4 is 0 Å². The van der Waals surface area contributed by atoms with Gasteiger partial charge in [-0.3, -0.25) is 9.35 Å². The van der Waals surface area contributed by atoms with E-state index in [4.69, 9.17) is 56.3 Å². The predicted molar refractivity (Wildman–Crippen MR) is 270 cm³/mol. The van der Waals surface area contributed by atoms with Crippen molar-refractivity contribution in [2.45, 2.75) is 272 Å². The summed E-state index contributed by atoms with van der Waals surface area (Å²) in [6, 6.07) is 0. The van der Waals surface area contributed by atoms with Gasteiger partial charge in [-0.2, -0.15) is 8.42 Å². The SMILES string of the molecule is CO[C@@H]1[C@@H](O)[C@H](O[C@@H]2[C@@H](O)[C@H](O[C@H]3[C@H](O)[C@@H](O)[C@H](O[C@H]4[C@H](O[C@H]5CC[C@]6(C)C7=C[C@H](O)[C@]89C(=O)O[C@@](C)([C@@H]%10CCC(C)(C)O%10)[C@@]8(O)CC[C@@]9(C)[C@@H]7CC[C@H]6C5(C)C)OC[C@@H](OS(=O)(=O)O)[C@@H]4O)O[C@@H]3C)O[C@H](C)[C@H]2O)O[C@H](C)[C@H]1O. The zero-order chi connectivity index (χ0) is 58.6. The standard InChI is InChI=1S/C54H86O25S/c1-22-32(56)40(68-11)37(61)44(70-22)75-41-33(57)23(2)71-45(38(41)62)74-39-24(3)72-43(36(60)35(39)59)76-42-34(58)27(79-80(65,66)67)21-69-46(42)73-30-15-17-50(8)26-20-29(55)54-47(63)78-52(10,31-14-16-48(4,5)77-31)53(54,64)19-18-51(54,9)25(26)12-13-28(50)49(30,6)7/h20,22-25,27-46,55-62,64H,12-19,21H2,1-11H3,(H,65,66,67)/t22-,23-,24-,25-,27-,28+,29+,30+,31+,32-,33-,34+,35-,36-,37-,38-,39-,40+,41+,42-,43+,44+,45+,46+,50-,51+,52+,53+,54-/m1/s1. The van der Waals surface area contributed by atoms with Crippen LogP contribution in [0.2, 0.25) is 0 Å². The molecule has 3 saturated carbocycles. The molecule has 10 N–H and O–H groups in total. The number of hydrogen-bond acceptors (Lipinski definition) is 24. The zero-order valence-corrected chi connectivity index (χ0v) is 48.1. The maximum absolute atomic E-state index is 14.7. The number of carbonyl (C=O) groups excluding carboxylic acids is 1. The Labute approximate surface area is 466 Å². The van der Waals surface area contributed by atoms with Crippen LogP contribution >= 0.6 is 0 Å². The van der Waals surface area contributed by atoms with Crippen molar-refractivity contribution in [2.75, 3.05) is 13.7 Å². The van der Waals surface area contributed by atoms with Crippen molar-refractivity contribution in [3.8, 4) is 0 Å². The first-order valence-electron chi connectivity index (χ1n) is 28.3. The van der Waals surface area contributed by atoms with Gasteiger partial charge in [0.05, 0.1) is 42.7 Å². The molecule has 80 heavy (non-hydrogen) atoms. The molecule has 10 rings (SSSR count). The van der Waals surface area contributed by atoms with Crippen LogP contribution in [0.3, 0.4) is 0 Å². The molecule has 0 radical (unpaired) electrons. The van der Waals surface area contributed by atoms with E-state index in [1.165, 1.54) is 27.9 Å². The number of rotatable bonds is 12. The topological polar surface area (TPSA) is 364 Å². The molecule has 9 fully saturated rings. The molecule has 6 saturated heterocycles. The van der Waals surface area contributed by atoms with Crippen molar-refractivity contribution < 1.29 is 120 Å². The molecule has 1 spiro atoms. The number of aliphatic hydroxyl groups is 9. The van der Waals surface area contributed by atoms with E-state index in [-0.39, 0.29) is 18.3 Å². The molecular weight excluding hydrogens is 1080 g/mol. The number of cyclic esters (lactones) is 1. The molecular formula is C54H86O25S. The summed E-state index contributed by atoms with van der Waals surface area (Å²) in [5.41, 5.74) is -6.36. The lowest BCUT2D eigenvalue weighted by Crippen LogP contribution is -2.69. The molecule has 25 nitrogen and oxygen atoms in total. The Morgan fingerprint density at radius 1 is 0.625 bits per heavy atom. The molecule has 0 unspecified atom stereocenters. The summed E-state index contributed by atoms with van der Waals surface area (Å²) in [4.78, 5) is 14.7. The van der Waals surface area contributed by atoms with Gasteiger partial charge in [0, 0.05) is 7.11 Å². The molecule has 10 aliphatic rings. The van der Waals surface area contributed by atoms with Crippen LogP contribution in [0.5, 0.6) is 0 Å². The number of ether oxygens (including phenoxy) is 11. The maximum Gasteiger partial charge on any atom is 0.397 e. The van der Waals surface area contributed by atoms with Crippen LogP contribution in [0.1, 0.15) is 121 Å². The number of carbonyl (C=O) groups is 1. The smallest absolute Gasteiger partial charge is 0.397 e. The summed E-state index contributed by atoms with van der Waals surface area (Å²) in [6.45, 7) is 17.8. The number of fused-ring (bicyclic) bond motifs is 4. The first kappa shape index (κ1) is 61.4. The Morgan fingerprint density at radius 3 is 1.82 bits per heavy atom. The van der Waals surface area contributed by atoms with Crippen LogP contribution in [0.25, 0.3) is 0 Å². The van der Waals surface area contributed by atoms with Crippen LogP contribution in [0, 0.1) is 33.5 Å². The first-order valence-corrected chi connectivity index (χ1v) is 29.7. The largest absolute Gasteiger partial charge is 0.453 e. The van der Waals surface area contributed by atoms with E-state index in [9.17, 15) is 63.7 Å². The third-order valence-corrected chi connectivity index (χ3v) is 21.8. The molecule has 6 aliphatic heterocycles. The van der Waals surface area contributed by atoms with Gasteiger partial charge in [0.25, 0.3) is 0 Å². The molecule has 0 bridgehead atoms. The van der Waals surface area contributed by atoms with E-state index < -0.39 is 196 Å². The van der Waals surface area contributed by atoms with Gasteiger partial charge in [0.15, 0.2) is 30.8 Å². The Bertz CT molecular complexity index is 2450. The summed E-state index contributed by atoms with van der Waals surface area (Å²) < 4.78 is 105. The van der Waals surface area contributed by atoms with Gasteiger partial charge in [-0.15, -0.1) is 0 Å². The van der Waals surface area contributed by atoms with Crippen LogP contribution in [0.4, 0.5) is 0 Å². The number of allylic oxidation sites excluding steroid dienone is 1. The fourth-order valence-electron chi connectivity index (χ4n) is 16.9. The lowest BCUT2D eigenvalue weighted by molar-refractivity contribution is -0.386. The van der Waals surface area contributed by atoms with Gasteiger partial charge in [-0.05, 0) is 121 Å². The second kappa shape index (κ2) is 21.0. The summed E-state index contributed by atoms with van der Waals surface area (Å²) in [5.74, 6) is -0.919. The minimum absolute atomic E-state index is 0.107. The second-order valence-electron chi connectivity index (χ2n) is 26.5. The van der Waals surface area contributed by atoms with Crippen LogP contribution in [-0.4, -0.2) is 230 Å². The van der Waals surface area contributed by atoms with Crippen LogP contribution in [-0.2, 0) is 71.5 Å². The van der Waals surface area contributed by atoms with E-state index in [1.54, 1.807) is 6.92 Å². The van der Waals surface area contributed by atoms with Crippen molar-refractivity contribution in [3.63, 3.8) is 0 Å². The number of hydrogen-bond donors (Lipinski definition) is 10. The van der Waals surface area contributed by atoms with E-state index >= 15 is 0 Å². The highest BCUT2D eigenvalue weighted by Gasteiger charge is 2.87. The number of esters is 1. The lowest BCUT2D eigenvalue weighted by atomic mass is 9.40. The molecule has 0 aromatic heterocycles. The molecule has 0 aromatic rings. The Kier molecular flexibility index (Phi) is 16.1. The van der Waals surface area contributed by atoms with E-state index in [1.807, 2.05) is 40.7 Å². The normalized spacial score (nSPS) is 54.7. The van der Waals surface area contributed by atoms with E-state index in [2.05, 4.69) is 6.92 Å². The molecule has 4 aliphatic carbocycles. The lowest BCUT2D eigenvalue weighted by Gasteiger charge is -2.64. The Hall–Kier alpha value is -1.68. The number of aliphatic hydroxyl groups excluding tert-OH is 8. The molecule has 29 atom stereocenters. The van der Waals surface area contributed by atoms with Gasteiger partial charge in [0.1, 0.15) is 90.4 Å². The predicted octanol–water partition coefficient (Wildman–Crippen LogP) is -0.209. The fraction of sp³-hybridized carbons (Fsp3) is 0.944. The first-order chi connectivity index (χ1) is 37.1. The third-order valence-electron chi connectivity index (χ3n) is 21.3. The van der Waals surface area contributed by atoms with Gasteiger partial charge in [0.2, 0.25) is 0 Å². The van der Waals surface area contributed by atoms with Crippen molar-refractivity contribution in [3.05, 3.63) is 11.6 Å². The molecule has 0 aromatic carbocycles. The van der Waals surface area contributed by atoms with Gasteiger partial charge in [-0.1, -0.05) is 39.3 Å². The molecule has 26 heteroatoms. The Morgan fingerprint density at radius 2 is 1.21 bits per heavy atom. The van der Waals surface area contributed by atoms with Crippen molar-refractivity contribution in [2.24, 2.45) is 33.5 Å². The Balaban J connectivity index is 0.850. The maximum atomic E-state index is 14.7. The fourth-order valence-corrected chi connectivity index (χ4v) is 17.3. The summed E-state index contributed by atoms with van der Waals surface area (Å²) in [5, 5.41) is 105. The molecule has 0 amide bonds. The average molecular weight is 1170 g/mol. The minimum Gasteiger partial charge on any atom is -0.453 e. The van der Waals surface area contributed by atoms with Crippen LogP contribution in [0.15, 0.2) is 11.6 Å². The third kappa shape index (κ3) is 9.34.